The first kappa shape index (κ1) is 26.2. The summed E-state index contributed by atoms with van der Waals surface area (Å²) >= 11 is 0. The second kappa shape index (κ2) is 9.13. The first-order valence-corrected chi connectivity index (χ1v) is 14.2. The number of carbonyl (C=O) groups is 3. The molecule has 1 aromatic rings. The molecule has 4 aliphatic rings. The zero-order valence-corrected chi connectivity index (χ0v) is 23.4. The van der Waals surface area contributed by atoms with Gasteiger partial charge in [-0.1, -0.05) is 13.8 Å². The summed E-state index contributed by atoms with van der Waals surface area (Å²) in [4.78, 5) is 41.8. The van der Waals surface area contributed by atoms with Crippen LogP contribution < -0.4 is 10.1 Å². The van der Waals surface area contributed by atoms with Crippen molar-refractivity contribution < 1.29 is 19.1 Å². The summed E-state index contributed by atoms with van der Waals surface area (Å²) in [5, 5.41) is 3.26. The van der Waals surface area contributed by atoms with Crippen molar-refractivity contribution in [2.75, 3.05) is 7.11 Å². The van der Waals surface area contributed by atoms with Crippen LogP contribution in [0.25, 0.3) is 0 Å². The van der Waals surface area contributed by atoms with Gasteiger partial charge in [-0.2, -0.15) is 0 Å². The van der Waals surface area contributed by atoms with Crippen LogP contribution in [0.4, 0.5) is 0 Å². The molecule has 5 rings (SSSR count). The van der Waals surface area contributed by atoms with E-state index in [-0.39, 0.29) is 46.1 Å². The second-order valence-electron chi connectivity index (χ2n) is 13.7. The van der Waals surface area contributed by atoms with Crippen LogP contribution in [0.3, 0.4) is 0 Å². The van der Waals surface area contributed by atoms with Gasteiger partial charge in [0.1, 0.15) is 5.75 Å². The minimum Gasteiger partial charge on any atom is -0.497 e. The lowest BCUT2D eigenvalue weighted by Crippen LogP contribution is -2.63. The molecule has 3 aliphatic carbocycles. The number of hydrogen-bond acceptors (Lipinski definition) is 4. The molecule has 1 saturated heterocycles. The number of fused-ring (bicyclic) bond motifs is 5. The molecule has 7 atom stereocenters. The maximum Gasteiger partial charge on any atom is 0.260 e. The first-order chi connectivity index (χ1) is 17.4. The topological polar surface area (TPSA) is 75.7 Å². The van der Waals surface area contributed by atoms with Crippen LogP contribution in [-0.2, 0) is 9.59 Å². The van der Waals surface area contributed by atoms with Crippen molar-refractivity contribution in [1.82, 2.24) is 10.2 Å². The normalized spacial score (nSPS) is 37.3. The highest BCUT2D eigenvalue weighted by molar-refractivity contribution is 6.05. The molecule has 0 radical (unpaired) electrons. The molecule has 1 aromatic carbocycles. The number of likely N-dealkylation sites (tertiary alicyclic amines) is 1. The first-order valence-electron chi connectivity index (χ1n) is 14.2. The molecule has 6 heteroatoms. The molecule has 0 spiro atoms. The Labute approximate surface area is 221 Å². The highest BCUT2D eigenvalue weighted by Crippen LogP contribution is 2.66. The maximum absolute atomic E-state index is 13.7. The van der Waals surface area contributed by atoms with E-state index in [4.69, 9.17) is 4.74 Å². The molecule has 3 saturated carbocycles. The monoisotopic (exact) mass is 508 g/mol. The maximum atomic E-state index is 13.7. The smallest absolute Gasteiger partial charge is 0.260 e. The van der Waals surface area contributed by atoms with E-state index in [0.29, 0.717) is 35.5 Å². The molecule has 4 fully saturated rings. The number of rotatable bonds is 3. The van der Waals surface area contributed by atoms with Gasteiger partial charge in [0, 0.05) is 29.5 Å². The van der Waals surface area contributed by atoms with E-state index in [1.807, 2.05) is 0 Å². The Balaban J connectivity index is 1.39. The van der Waals surface area contributed by atoms with Crippen molar-refractivity contribution >= 4 is 17.7 Å². The quantitative estimate of drug-likeness (QED) is 0.539. The van der Waals surface area contributed by atoms with Crippen molar-refractivity contribution in [2.45, 2.75) is 97.6 Å². The average molecular weight is 509 g/mol. The van der Waals surface area contributed by atoms with Crippen molar-refractivity contribution in [1.29, 1.82) is 0 Å². The lowest BCUT2D eigenvalue weighted by Gasteiger charge is -2.61. The van der Waals surface area contributed by atoms with Gasteiger partial charge in [0.05, 0.1) is 7.11 Å². The zero-order valence-electron chi connectivity index (χ0n) is 23.4. The third kappa shape index (κ3) is 4.28. The largest absolute Gasteiger partial charge is 0.497 e. The van der Waals surface area contributed by atoms with E-state index in [1.165, 1.54) is 0 Å². The summed E-state index contributed by atoms with van der Waals surface area (Å²) in [5.41, 5.74) is 0.276. The molecule has 4 unspecified atom stereocenters. The summed E-state index contributed by atoms with van der Waals surface area (Å²) in [5.74, 6) is 2.34. The number of piperidine rings is 1. The fourth-order valence-corrected chi connectivity index (χ4v) is 8.90. The summed E-state index contributed by atoms with van der Waals surface area (Å²) in [6.07, 6.45) is 7.35. The predicted octanol–water partition coefficient (Wildman–Crippen LogP) is 5.60. The lowest BCUT2D eigenvalue weighted by atomic mass is 9.46. The SMILES string of the molecule is COc1ccc(C(=O)N2C(=O)CC[C@]3(C)C4CC[C@]5(C)C(C(=O)NC(C)(C)C)CCC5C4CC[C@@H]23)cc1. The predicted molar refractivity (Wildman–Crippen MR) is 143 cm³/mol. The van der Waals surface area contributed by atoms with Gasteiger partial charge in [-0.25, -0.2) is 0 Å². The average Bonchev–Trinajstić information content (AvgIpc) is 3.20. The zero-order chi connectivity index (χ0) is 26.8. The molecular formula is C31H44N2O4. The number of benzene rings is 1. The van der Waals surface area contributed by atoms with Gasteiger partial charge in [0.15, 0.2) is 0 Å². The van der Waals surface area contributed by atoms with Crippen molar-refractivity contribution in [2.24, 2.45) is 34.5 Å². The fraction of sp³-hybridized carbons (Fsp3) is 0.710. The molecular weight excluding hydrogens is 464 g/mol. The van der Waals surface area contributed by atoms with E-state index in [1.54, 1.807) is 36.3 Å². The van der Waals surface area contributed by atoms with Gasteiger partial charge in [-0.3, -0.25) is 19.3 Å². The van der Waals surface area contributed by atoms with Crippen LogP contribution in [0.15, 0.2) is 24.3 Å². The molecule has 0 aromatic heterocycles. The molecule has 0 bridgehead atoms. The van der Waals surface area contributed by atoms with Crippen molar-refractivity contribution in [3.63, 3.8) is 0 Å². The van der Waals surface area contributed by atoms with Gasteiger partial charge in [0.25, 0.3) is 5.91 Å². The number of methoxy groups -OCH3 is 1. The molecule has 1 N–H and O–H groups in total. The molecule has 1 heterocycles. The number of amides is 3. The molecule has 202 valence electrons. The highest BCUT2D eigenvalue weighted by Gasteiger charge is 2.63. The van der Waals surface area contributed by atoms with Gasteiger partial charge in [-0.15, -0.1) is 0 Å². The number of carbonyl (C=O) groups excluding carboxylic acids is 3. The summed E-state index contributed by atoms with van der Waals surface area (Å²) in [6, 6.07) is 7.03. The lowest BCUT2D eigenvalue weighted by molar-refractivity contribution is -0.157. The van der Waals surface area contributed by atoms with E-state index in [0.717, 1.165) is 44.9 Å². The van der Waals surface area contributed by atoms with Crippen molar-refractivity contribution in [3.8, 4) is 5.75 Å². The van der Waals surface area contributed by atoms with Gasteiger partial charge in [-0.05, 0) is 119 Å². The molecule has 3 amide bonds. The Hall–Kier alpha value is -2.37. The number of nitrogens with one attached hydrogen (secondary N) is 1. The Morgan fingerprint density at radius 1 is 0.946 bits per heavy atom. The Bertz CT molecular complexity index is 1080. The Morgan fingerprint density at radius 3 is 2.27 bits per heavy atom. The van der Waals surface area contributed by atoms with Crippen LogP contribution >= 0.6 is 0 Å². The van der Waals surface area contributed by atoms with Gasteiger partial charge < -0.3 is 10.1 Å². The van der Waals surface area contributed by atoms with E-state index >= 15 is 0 Å². The highest BCUT2D eigenvalue weighted by atomic mass is 16.5. The summed E-state index contributed by atoms with van der Waals surface area (Å²) in [7, 11) is 1.60. The molecule has 6 nitrogen and oxygen atoms in total. The standard InChI is InChI=1S/C31H44N2O4/c1-29(2,3)32-27(35)24-13-12-22-21-11-14-25-31(5,23(21)15-17-30(22,24)4)18-16-26(34)33(25)28(36)19-7-9-20(37-6)10-8-19/h7-10,21-25H,11-18H2,1-6H3,(H,32,35)/t21?,22?,23?,24?,25-,30+,31-/m1/s1. The number of nitrogens with zero attached hydrogens (tertiary/aromatic N) is 1. The number of imide groups is 1. The van der Waals surface area contributed by atoms with E-state index < -0.39 is 0 Å². The summed E-state index contributed by atoms with van der Waals surface area (Å²) < 4.78 is 5.25. The second-order valence-corrected chi connectivity index (χ2v) is 13.7. The fourth-order valence-electron chi connectivity index (χ4n) is 8.90. The van der Waals surface area contributed by atoms with Crippen LogP contribution in [0.5, 0.6) is 5.75 Å². The Kier molecular flexibility index (Phi) is 6.48. The van der Waals surface area contributed by atoms with Crippen LogP contribution in [-0.4, -0.2) is 41.3 Å². The third-order valence-electron chi connectivity index (χ3n) is 10.6. The van der Waals surface area contributed by atoms with Crippen LogP contribution in [0.1, 0.15) is 96.3 Å². The van der Waals surface area contributed by atoms with E-state index in [9.17, 15) is 14.4 Å². The Morgan fingerprint density at radius 2 is 1.62 bits per heavy atom. The minimum atomic E-state index is -0.219. The molecule has 1 aliphatic heterocycles. The van der Waals surface area contributed by atoms with Crippen LogP contribution in [0, 0.1) is 34.5 Å². The summed E-state index contributed by atoms with van der Waals surface area (Å²) in [6.45, 7) is 10.9. The minimum absolute atomic E-state index is 0.0305. The van der Waals surface area contributed by atoms with Crippen molar-refractivity contribution in [3.05, 3.63) is 29.8 Å². The third-order valence-corrected chi connectivity index (χ3v) is 10.6. The van der Waals surface area contributed by atoms with Crippen LogP contribution in [0.2, 0.25) is 0 Å². The molecule has 37 heavy (non-hydrogen) atoms. The van der Waals surface area contributed by atoms with E-state index in [2.05, 4.69) is 39.9 Å². The van der Waals surface area contributed by atoms with Gasteiger partial charge >= 0.3 is 0 Å². The number of ether oxygens (including phenoxy) is 1. The van der Waals surface area contributed by atoms with Gasteiger partial charge in [0.2, 0.25) is 11.8 Å². The number of hydrogen-bond donors (Lipinski definition) is 1.